The molecule has 0 aromatic heterocycles. The van der Waals surface area contributed by atoms with Crippen LogP contribution in [-0.4, -0.2) is 57.0 Å². The van der Waals surface area contributed by atoms with Gasteiger partial charge in [0, 0.05) is 17.8 Å². The van der Waals surface area contributed by atoms with Gasteiger partial charge in [-0.25, -0.2) is 0 Å². The molecule has 0 unspecified atom stereocenters. The van der Waals surface area contributed by atoms with Crippen molar-refractivity contribution in [3.8, 4) is 0 Å². The third kappa shape index (κ3) is 4.77. The van der Waals surface area contributed by atoms with Crippen molar-refractivity contribution in [1.29, 1.82) is 0 Å². The summed E-state index contributed by atoms with van der Waals surface area (Å²) in [4.78, 5) is 46.5. The first kappa shape index (κ1) is 21.3. The van der Waals surface area contributed by atoms with Crippen LogP contribution in [0.1, 0.15) is 66.2 Å². The lowest BCUT2D eigenvalue weighted by Gasteiger charge is -2.46. The second kappa shape index (κ2) is 8.13. The lowest BCUT2D eigenvalue weighted by Crippen LogP contribution is -2.63. The van der Waals surface area contributed by atoms with E-state index in [9.17, 15) is 14.4 Å². The van der Waals surface area contributed by atoms with Gasteiger partial charge in [0.05, 0.1) is 13.0 Å². The van der Waals surface area contributed by atoms with Crippen molar-refractivity contribution >= 4 is 23.6 Å². The minimum atomic E-state index is -1.09. The van der Waals surface area contributed by atoms with E-state index in [1.807, 2.05) is 26.8 Å². The quantitative estimate of drug-likeness (QED) is 0.786. The Morgan fingerprint density at radius 2 is 1.93 bits per heavy atom. The number of carbonyl (C=O) groups excluding carboxylic acids is 3. The standard InChI is InChI=1S/C22H32N4O3/c1-21(2,3)24-19(28)15-25(16-10-6-5-7-11-16)20(29)22(4)14-18(27)23-17-12-8-9-13-26(17)22/h8-9,12-13,16H,5-7,10-11,14-15H2,1-4H3,(H,24,28)/t22-/m0/s1. The van der Waals surface area contributed by atoms with Gasteiger partial charge in [-0.15, -0.1) is 0 Å². The van der Waals surface area contributed by atoms with Crippen molar-refractivity contribution in [2.24, 2.45) is 4.99 Å². The largest absolute Gasteiger partial charge is 0.350 e. The summed E-state index contributed by atoms with van der Waals surface area (Å²) in [5.41, 5.74) is -1.46. The topological polar surface area (TPSA) is 82.1 Å². The van der Waals surface area contributed by atoms with Crippen LogP contribution in [0.15, 0.2) is 29.4 Å². The van der Waals surface area contributed by atoms with Gasteiger partial charge in [-0.1, -0.05) is 25.3 Å². The van der Waals surface area contributed by atoms with Crippen molar-refractivity contribution in [2.75, 3.05) is 6.54 Å². The first-order chi connectivity index (χ1) is 13.6. The Balaban J connectivity index is 1.89. The highest BCUT2D eigenvalue weighted by Gasteiger charge is 2.48. The number of nitrogens with zero attached hydrogens (tertiary/aromatic N) is 3. The molecule has 3 aliphatic rings. The van der Waals surface area contributed by atoms with Gasteiger partial charge in [-0.3, -0.25) is 14.4 Å². The third-order valence-electron chi connectivity index (χ3n) is 5.67. The number of hydrogen-bond acceptors (Lipinski definition) is 4. The second-order valence-corrected chi connectivity index (χ2v) is 9.41. The molecule has 7 nitrogen and oxygen atoms in total. The Labute approximate surface area is 172 Å². The lowest BCUT2D eigenvalue weighted by molar-refractivity contribution is -0.149. The van der Waals surface area contributed by atoms with Crippen molar-refractivity contribution in [3.05, 3.63) is 24.4 Å². The van der Waals surface area contributed by atoms with Crippen LogP contribution < -0.4 is 5.32 Å². The van der Waals surface area contributed by atoms with Crippen LogP contribution in [0.3, 0.4) is 0 Å². The summed E-state index contributed by atoms with van der Waals surface area (Å²) in [5.74, 6) is -0.198. The zero-order valence-corrected chi connectivity index (χ0v) is 17.9. The van der Waals surface area contributed by atoms with Crippen LogP contribution >= 0.6 is 0 Å². The molecule has 29 heavy (non-hydrogen) atoms. The monoisotopic (exact) mass is 400 g/mol. The predicted octanol–water partition coefficient (Wildman–Crippen LogP) is 2.54. The number of hydrogen-bond donors (Lipinski definition) is 1. The number of nitrogens with one attached hydrogen (secondary N) is 1. The summed E-state index contributed by atoms with van der Waals surface area (Å²) < 4.78 is 0. The van der Waals surface area contributed by atoms with Gasteiger partial charge in [-0.05, 0) is 52.7 Å². The molecule has 3 rings (SSSR count). The SMILES string of the molecule is CC(C)(C)NC(=O)CN(C(=O)[C@]1(C)CC(=O)N=C2C=CC=CN21)C1CCCCC1. The van der Waals surface area contributed by atoms with E-state index in [0.717, 1.165) is 32.1 Å². The van der Waals surface area contributed by atoms with Gasteiger partial charge in [-0.2, -0.15) is 4.99 Å². The predicted molar refractivity (Wildman–Crippen MR) is 112 cm³/mol. The van der Waals surface area contributed by atoms with Gasteiger partial charge in [0.2, 0.25) is 11.8 Å². The fourth-order valence-corrected chi connectivity index (χ4v) is 4.35. The number of fused-ring (bicyclic) bond motifs is 1. The summed E-state index contributed by atoms with van der Waals surface area (Å²) in [5, 5.41) is 2.96. The molecular weight excluding hydrogens is 368 g/mol. The number of amides is 3. The van der Waals surface area contributed by atoms with Crippen molar-refractivity contribution in [3.63, 3.8) is 0 Å². The molecule has 0 aromatic carbocycles. The Morgan fingerprint density at radius 3 is 2.59 bits per heavy atom. The van der Waals surface area contributed by atoms with Crippen LogP contribution in [0.25, 0.3) is 0 Å². The van der Waals surface area contributed by atoms with Crippen LogP contribution in [0.4, 0.5) is 0 Å². The average molecular weight is 401 g/mol. The highest BCUT2D eigenvalue weighted by Crippen LogP contribution is 2.32. The molecule has 0 spiro atoms. The summed E-state index contributed by atoms with van der Waals surface area (Å²) in [6.07, 6.45) is 12.2. The van der Waals surface area contributed by atoms with Gasteiger partial charge in [0.25, 0.3) is 5.91 Å². The minimum Gasteiger partial charge on any atom is -0.350 e. The Bertz CT molecular complexity index is 771. The molecule has 1 saturated carbocycles. The van der Waals surface area contributed by atoms with Crippen LogP contribution in [0, 0.1) is 0 Å². The third-order valence-corrected chi connectivity index (χ3v) is 5.67. The van der Waals surface area contributed by atoms with E-state index in [0.29, 0.717) is 5.84 Å². The van der Waals surface area contributed by atoms with Crippen LogP contribution in [0.5, 0.6) is 0 Å². The fourth-order valence-electron chi connectivity index (χ4n) is 4.35. The van der Waals surface area contributed by atoms with E-state index in [1.54, 1.807) is 35.1 Å². The normalized spacial score (nSPS) is 24.8. The van der Waals surface area contributed by atoms with E-state index in [4.69, 9.17) is 0 Å². The fraction of sp³-hybridized carbons (Fsp3) is 0.636. The highest BCUT2D eigenvalue weighted by molar-refractivity contribution is 6.09. The Hall–Kier alpha value is -2.44. The number of carbonyl (C=O) groups is 3. The Morgan fingerprint density at radius 1 is 1.24 bits per heavy atom. The van der Waals surface area contributed by atoms with Gasteiger partial charge < -0.3 is 15.1 Å². The summed E-state index contributed by atoms with van der Waals surface area (Å²) in [6, 6.07) is 0.0144. The molecule has 0 saturated heterocycles. The second-order valence-electron chi connectivity index (χ2n) is 9.41. The van der Waals surface area contributed by atoms with Crippen molar-refractivity contribution in [2.45, 2.75) is 83.3 Å². The molecule has 0 radical (unpaired) electrons. The molecule has 1 atom stereocenters. The smallest absolute Gasteiger partial charge is 0.250 e. The molecule has 1 N–H and O–H groups in total. The summed E-state index contributed by atoms with van der Waals surface area (Å²) in [6.45, 7) is 7.55. The zero-order valence-electron chi connectivity index (χ0n) is 17.9. The van der Waals surface area contributed by atoms with Gasteiger partial charge in [0.1, 0.15) is 11.4 Å². The van der Waals surface area contributed by atoms with E-state index in [2.05, 4.69) is 10.3 Å². The number of amidine groups is 1. The molecular formula is C22H32N4O3. The van der Waals surface area contributed by atoms with E-state index < -0.39 is 5.54 Å². The van der Waals surface area contributed by atoms with Gasteiger partial charge in [0.15, 0.2) is 0 Å². The molecule has 1 aliphatic carbocycles. The molecule has 2 heterocycles. The van der Waals surface area contributed by atoms with Crippen LogP contribution in [0.2, 0.25) is 0 Å². The zero-order chi connectivity index (χ0) is 21.2. The van der Waals surface area contributed by atoms with Crippen molar-refractivity contribution in [1.82, 2.24) is 15.1 Å². The van der Waals surface area contributed by atoms with Crippen molar-refractivity contribution < 1.29 is 14.4 Å². The number of allylic oxidation sites excluding steroid dienone is 2. The summed E-state index contributed by atoms with van der Waals surface area (Å²) in [7, 11) is 0. The van der Waals surface area contributed by atoms with E-state index in [1.165, 1.54) is 0 Å². The summed E-state index contributed by atoms with van der Waals surface area (Å²) >= 11 is 0. The van der Waals surface area contributed by atoms with E-state index in [-0.39, 0.29) is 42.3 Å². The maximum absolute atomic E-state index is 13.9. The van der Waals surface area contributed by atoms with Gasteiger partial charge >= 0.3 is 0 Å². The highest BCUT2D eigenvalue weighted by atomic mass is 16.2. The Kier molecular flexibility index (Phi) is 5.96. The lowest BCUT2D eigenvalue weighted by atomic mass is 9.87. The first-order valence-corrected chi connectivity index (χ1v) is 10.5. The molecule has 0 bridgehead atoms. The maximum atomic E-state index is 13.9. The van der Waals surface area contributed by atoms with Crippen LogP contribution in [-0.2, 0) is 14.4 Å². The maximum Gasteiger partial charge on any atom is 0.250 e. The molecule has 3 amide bonds. The molecule has 7 heteroatoms. The average Bonchev–Trinajstić information content (AvgIpc) is 2.64. The molecule has 158 valence electrons. The van der Waals surface area contributed by atoms with E-state index >= 15 is 0 Å². The minimum absolute atomic E-state index is 0.00236. The number of rotatable bonds is 4. The first-order valence-electron chi connectivity index (χ1n) is 10.5. The molecule has 1 fully saturated rings. The number of aliphatic imine (C=N–C) groups is 1. The molecule has 2 aliphatic heterocycles. The molecule has 0 aromatic rings.